The standard InChI is InChI=1S/C13H17N3O2/c1-3-4-7-15-9-11-8-10(13(14)16-17)5-6-12(11)18-2/h1,5-6,8,15,17H,4,7,9H2,2H3,(H2,14,16). The average molecular weight is 247 g/mol. The first kappa shape index (κ1) is 13.9. The van der Waals surface area contributed by atoms with Crippen molar-refractivity contribution >= 4 is 5.84 Å². The maximum Gasteiger partial charge on any atom is 0.170 e. The topological polar surface area (TPSA) is 79.9 Å². The van der Waals surface area contributed by atoms with E-state index in [4.69, 9.17) is 22.1 Å². The monoisotopic (exact) mass is 247 g/mol. The van der Waals surface area contributed by atoms with Crippen molar-refractivity contribution < 1.29 is 9.94 Å². The van der Waals surface area contributed by atoms with Gasteiger partial charge < -0.3 is 21.0 Å². The third-order valence-corrected chi connectivity index (χ3v) is 2.45. The van der Waals surface area contributed by atoms with Gasteiger partial charge in [-0.25, -0.2) is 0 Å². The second kappa shape index (κ2) is 7.20. The molecule has 0 heterocycles. The maximum atomic E-state index is 8.65. The fraction of sp³-hybridized carbons (Fsp3) is 0.308. The van der Waals surface area contributed by atoms with E-state index in [2.05, 4.69) is 16.4 Å². The molecule has 0 aromatic heterocycles. The zero-order valence-electron chi connectivity index (χ0n) is 10.3. The number of ether oxygens (including phenoxy) is 1. The van der Waals surface area contributed by atoms with Gasteiger partial charge in [0.05, 0.1) is 7.11 Å². The summed E-state index contributed by atoms with van der Waals surface area (Å²) in [5.41, 5.74) is 7.12. The van der Waals surface area contributed by atoms with E-state index in [9.17, 15) is 0 Å². The van der Waals surface area contributed by atoms with Gasteiger partial charge in [0.2, 0.25) is 0 Å². The molecular formula is C13H17N3O2. The molecule has 4 N–H and O–H groups in total. The van der Waals surface area contributed by atoms with Crippen molar-refractivity contribution in [1.82, 2.24) is 5.32 Å². The number of benzene rings is 1. The summed E-state index contributed by atoms with van der Waals surface area (Å²) in [7, 11) is 1.60. The molecule has 0 aliphatic carbocycles. The van der Waals surface area contributed by atoms with Crippen LogP contribution in [0.25, 0.3) is 0 Å². The summed E-state index contributed by atoms with van der Waals surface area (Å²) < 4.78 is 5.25. The van der Waals surface area contributed by atoms with Crippen molar-refractivity contribution in [2.24, 2.45) is 10.9 Å². The summed E-state index contributed by atoms with van der Waals surface area (Å²) in [5.74, 6) is 3.38. The number of terminal acetylenes is 1. The Labute approximate surface area is 107 Å². The molecule has 0 saturated heterocycles. The molecule has 0 atom stereocenters. The minimum absolute atomic E-state index is 0.0718. The fourth-order valence-electron chi connectivity index (χ4n) is 1.52. The van der Waals surface area contributed by atoms with Crippen LogP contribution in [-0.4, -0.2) is 24.7 Å². The lowest BCUT2D eigenvalue weighted by Crippen LogP contribution is -2.17. The number of hydrogen-bond donors (Lipinski definition) is 3. The van der Waals surface area contributed by atoms with Gasteiger partial charge in [-0.2, -0.15) is 0 Å². The van der Waals surface area contributed by atoms with Crippen LogP contribution in [0.1, 0.15) is 17.5 Å². The van der Waals surface area contributed by atoms with Gasteiger partial charge in [0, 0.05) is 30.6 Å². The van der Waals surface area contributed by atoms with Gasteiger partial charge in [-0.3, -0.25) is 0 Å². The molecule has 5 heteroatoms. The number of hydrogen-bond acceptors (Lipinski definition) is 4. The van der Waals surface area contributed by atoms with Gasteiger partial charge in [-0.05, 0) is 18.2 Å². The molecule has 0 aliphatic heterocycles. The molecule has 18 heavy (non-hydrogen) atoms. The predicted molar refractivity (Wildman–Crippen MR) is 70.7 cm³/mol. The van der Waals surface area contributed by atoms with Crippen LogP contribution in [0.5, 0.6) is 5.75 Å². The summed E-state index contributed by atoms with van der Waals surface area (Å²) in [6.45, 7) is 1.34. The van der Waals surface area contributed by atoms with E-state index in [1.165, 1.54) is 0 Å². The molecule has 1 aromatic carbocycles. The maximum absolute atomic E-state index is 8.65. The normalized spacial score (nSPS) is 11.0. The Morgan fingerprint density at radius 2 is 2.39 bits per heavy atom. The number of methoxy groups -OCH3 is 1. The lowest BCUT2D eigenvalue weighted by atomic mass is 10.1. The van der Waals surface area contributed by atoms with E-state index >= 15 is 0 Å². The molecule has 0 aliphatic rings. The lowest BCUT2D eigenvalue weighted by Gasteiger charge is -2.10. The smallest absolute Gasteiger partial charge is 0.170 e. The van der Waals surface area contributed by atoms with Gasteiger partial charge in [0.15, 0.2) is 5.84 Å². The van der Waals surface area contributed by atoms with Crippen molar-refractivity contribution in [2.75, 3.05) is 13.7 Å². The molecule has 96 valence electrons. The first-order valence-electron chi connectivity index (χ1n) is 5.52. The Morgan fingerprint density at radius 1 is 1.61 bits per heavy atom. The van der Waals surface area contributed by atoms with E-state index in [1.54, 1.807) is 19.2 Å². The minimum atomic E-state index is 0.0718. The van der Waals surface area contributed by atoms with Crippen molar-refractivity contribution in [1.29, 1.82) is 0 Å². The zero-order valence-corrected chi connectivity index (χ0v) is 10.3. The minimum Gasteiger partial charge on any atom is -0.496 e. The molecule has 0 saturated carbocycles. The fourth-order valence-corrected chi connectivity index (χ4v) is 1.52. The lowest BCUT2D eigenvalue weighted by molar-refractivity contribution is 0.318. The van der Waals surface area contributed by atoms with Crippen LogP contribution < -0.4 is 15.8 Å². The summed E-state index contributed by atoms with van der Waals surface area (Å²) in [5, 5.41) is 14.8. The van der Waals surface area contributed by atoms with E-state index in [0.717, 1.165) is 17.9 Å². The van der Waals surface area contributed by atoms with Crippen LogP contribution in [0.2, 0.25) is 0 Å². The van der Waals surface area contributed by atoms with Crippen LogP contribution in [0, 0.1) is 12.3 Å². The highest BCUT2D eigenvalue weighted by Crippen LogP contribution is 2.19. The molecule has 0 amide bonds. The van der Waals surface area contributed by atoms with Crippen LogP contribution in [0.3, 0.4) is 0 Å². The van der Waals surface area contributed by atoms with Crippen LogP contribution in [0.4, 0.5) is 0 Å². The molecule has 1 rings (SSSR count). The van der Waals surface area contributed by atoms with Crippen LogP contribution in [-0.2, 0) is 6.54 Å². The Morgan fingerprint density at radius 3 is 3.00 bits per heavy atom. The van der Waals surface area contributed by atoms with Crippen molar-refractivity contribution in [2.45, 2.75) is 13.0 Å². The van der Waals surface area contributed by atoms with Crippen LogP contribution >= 0.6 is 0 Å². The predicted octanol–water partition coefficient (Wildman–Crippen LogP) is 0.903. The summed E-state index contributed by atoms with van der Waals surface area (Å²) in [6, 6.07) is 5.33. The third kappa shape index (κ3) is 3.68. The SMILES string of the molecule is C#CCCNCc1cc(/C(N)=N/O)ccc1OC. The summed E-state index contributed by atoms with van der Waals surface area (Å²) in [4.78, 5) is 0. The molecule has 1 aromatic rings. The van der Waals surface area contributed by atoms with Crippen molar-refractivity contribution in [3.63, 3.8) is 0 Å². The number of amidine groups is 1. The van der Waals surface area contributed by atoms with E-state index in [0.29, 0.717) is 18.5 Å². The highest BCUT2D eigenvalue weighted by molar-refractivity contribution is 5.97. The van der Waals surface area contributed by atoms with Gasteiger partial charge >= 0.3 is 0 Å². The van der Waals surface area contributed by atoms with E-state index < -0.39 is 0 Å². The second-order valence-corrected chi connectivity index (χ2v) is 3.64. The van der Waals surface area contributed by atoms with Gasteiger partial charge in [0.1, 0.15) is 5.75 Å². The zero-order chi connectivity index (χ0) is 13.4. The molecule has 5 nitrogen and oxygen atoms in total. The number of rotatable bonds is 6. The number of nitrogens with one attached hydrogen (secondary N) is 1. The molecule has 0 radical (unpaired) electrons. The third-order valence-electron chi connectivity index (χ3n) is 2.45. The van der Waals surface area contributed by atoms with E-state index in [1.807, 2.05) is 6.07 Å². The quantitative estimate of drug-likeness (QED) is 0.174. The first-order valence-corrected chi connectivity index (χ1v) is 5.52. The van der Waals surface area contributed by atoms with Crippen molar-refractivity contribution in [3.8, 4) is 18.1 Å². The summed E-state index contributed by atoms with van der Waals surface area (Å²) >= 11 is 0. The summed E-state index contributed by atoms with van der Waals surface area (Å²) in [6.07, 6.45) is 5.84. The second-order valence-electron chi connectivity index (χ2n) is 3.64. The Hall–Kier alpha value is -2.19. The molecule has 0 bridgehead atoms. The average Bonchev–Trinajstić information content (AvgIpc) is 2.42. The Kier molecular flexibility index (Phi) is 5.55. The largest absolute Gasteiger partial charge is 0.496 e. The Bertz CT molecular complexity index is 464. The van der Waals surface area contributed by atoms with E-state index in [-0.39, 0.29) is 5.84 Å². The molecule has 0 fully saturated rings. The Balaban J connectivity index is 2.83. The molecule has 0 unspecified atom stereocenters. The van der Waals surface area contributed by atoms with Gasteiger partial charge in [-0.1, -0.05) is 5.16 Å². The van der Waals surface area contributed by atoms with Gasteiger partial charge in [0.25, 0.3) is 0 Å². The van der Waals surface area contributed by atoms with Crippen molar-refractivity contribution in [3.05, 3.63) is 29.3 Å². The van der Waals surface area contributed by atoms with Gasteiger partial charge in [-0.15, -0.1) is 12.3 Å². The molecular weight excluding hydrogens is 230 g/mol. The number of nitrogens with two attached hydrogens (primary N) is 1. The number of nitrogens with zero attached hydrogens (tertiary/aromatic N) is 1. The highest BCUT2D eigenvalue weighted by atomic mass is 16.5. The number of oxime groups is 1. The first-order chi connectivity index (χ1) is 8.72. The molecule has 0 spiro atoms. The highest BCUT2D eigenvalue weighted by Gasteiger charge is 2.06. The van der Waals surface area contributed by atoms with Crippen LogP contribution in [0.15, 0.2) is 23.4 Å².